The predicted octanol–water partition coefficient (Wildman–Crippen LogP) is 5.00. The molecule has 0 saturated carbocycles. The number of amides is 1. The summed E-state index contributed by atoms with van der Waals surface area (Å²) in [6.45, 7) is 4.00. The summed E-state index contributed by atoms with van der Waals surface area (Å²) in [7, 11) is 3.12. The Bertz CT molecular complexity index is 1210. The molecule has 0 aliphatic carbocycles. The molecule has 1 N–H and O–H groups in total. The third kappa shape index (κ3) is 5.20. The van der Waals surface area contributed by atoms with Crippen LogP contribution in [0.4, 0.5) is 5.69 Å². The molecule has 4 rings (SSSR count). The number of nitrogens with zero attached hydrogens (tertiary/aromatic N) is 2. The molecule has 0 spiro atoms. The summed E-state index contributed by atoms with van der Waals surface area (Å²) >= 11 is 0. The smallest absolute Gasteiger partial charge is 0.316 e. The minimum Gasteiger partial charge on any atom is -0.497 e. The summed E-state index contributed by atoms with van der Waals surface area (Å²) in [6, 6.07) is 11.4. The first kappa shape index (κ1) is 22.1. The average molecular weight is 444 g/mol. The topological polar surface area (TPSA) is 82.6 Å². The Morgan fingerprint density at radius 3 is 2.45 bits per heavy atom. The molecule has 7 nitrogen and oxygen atoms in total. The van der Waals surface area contributed by atoms with E-state index in [0.717, 1.165) is 33.8 Å². The van der Waals surface area contributed by atoms with Gasteiger partial charge in [0.15, 0.2) is 0 Å². The summed E-state index contributed by atoms with van der Waals surface area (Å²) < 4.78 is 16.5. The number of ether oxygens (including phenoxy) is 3. The Morgan fingerprint density at radius 1 is 1.06 bits per heavy atom. The number of fused-ring (bicyclic) bond motifs is 1. The third-order valence-corrected chi connectivity index (χ3v) is 5.08. The second-order valence-electron chi connectivity index (χ2n) is 8.04. The molecule has 1 aliphatic rings. The SMILES string of the molecule is COc1ccc(NC(=O)/C=C/c2cc3c(c(-c4cnc(OC)nc4)c2)OC(C)(C)C=C3)cc1. The van der Waals surface area contributed by atoms with E-state index in [-0.39, 0.29) is 5.91 Å². The molecule has 0 atom stereocenters. The zero-order valence-corrected chi connectivity index (χ0v) is 19.0. The molecule has 0 saturated heterocycles. The van der Waals surface area contributed by atoms with Gasteiger partial charge in [0.05, 0.1) is 14.2 Å². The van der Waals surface area contributed by atoms with Crippen molar-refractivity contribution in [3.8, 4) is 28.6 Å². The van der Waals surface area contributed by atoms with Gasteiger partial charge in [-0.3, -0.25) is 4.79 Å². The maximum absolute atomic E-state index is 12.4. The van der Waals surface area contributed by atoms with Gasteiger partial charge in [-0.1, -0.05) is 6.08 Å². The monoisotopic (exact) mass is 443 g/mol. The molecule has 168 valence electrons. The molecule has 0 radical (unpaired) electrons. The van der Waals surface area contributed by atoms with Gasteiger partial charge < -0.3 is 19.5 Å². The Labute approximate surface area is 192 Å². The van der Waals surface area contributed by atoms with Crippen molar-refractivity contribution >= 4 is 23.7 Å². The minimum absolute atomic E-state index is 0.236. The Balaban J connectivity index is 1.63. The zero-order valence-electron chi connectivity index (χ0n) is 19.0. The lowest BCUT2D eigenvalue weighted by Gasteiger charge is -2.30. The van der Waals surface area contributed by atoms with E-state index >= 15 is 0 Å². The van der Waals surface area contributed by atoms with E-state index in [1.165, 1.54) is 13.2 Å². The molecular weight excluding hydrogens is 418 g/mol. The van der Waals surface area contributed by atoms with Gasteiger partial charge in [-0.25, -0.2) is 9.97 Å². The van der Waals surface area contributed by atoms with Crippen molar-refractivity contribution in [3.05, 3.63) is 72.1 Å². The van der Waals surface area contributed by atoms with Crippen LogP contribution in [-0.2, 0) is 4.79 Å². The molecule has 1 amide bonds. The van der Waals surface area contributed by atoms with Crippen LogP contribution < -0.4 is 19.5 Å². The van der Waals surface area contributed by atoms with Crippen LogP contribution >= 0.6 is 0 Å². The Hall–Kier alpha value is -4.13. The van der Waals surface area contributed by atoms with Crippen LogP contribution in [0.15, 0.2) is 60.9 Å². The minimum atomic E-state index is -0.440. The van der Waals surface area contributed by atoms with Gasteiger partial charge in [0.1, 0.15) is 17.1 Å². The number of methoxy groups -OCH3 is 2. The van der Waals surface area contributed by atoms with E-state index in [2.05, 4.69) is 15.3 Å². The van der Waals surface area contributed by atoms with E-state index in [1.807, 2.05) is 38.1 Å². The van der Waals surface area contributed by atoms with Crippen LogP contribution in [0.3, 0.4) is 0 Å². The second-order valence-corrected chi connectivity index (χ2v) is 8.04. The van der Waals surface area contributed by atoms with E-state index in [4.69, 9.17) is 14.2 Å². The normalized spacial score (nSPS) is 13.8. The lowest BCUT2D eigenvalue weighted by Crippen LogP contribution is -2.27. The van der Waals surface area contributed by atoms with E-state index in [0.29, 0.717) is 11.7 Å². The maximum atomic E-state index is 12.4. The predicted molar refractivity (Wildman–Crippen MR) is 128 cm³/mol. The van der Waals surface area contributed by atoms with E-state index in [9.17, 15) is 4.79 Å². The highest BCUT2D eigenvalue weighted by Crippen LogP contribution is 2.40. The number of benzene rings is 2. The molecular formula is C26H25N3O4. The van der Waals surface area contributed by atoms with Crippen molar-refractivity contribution in [2.75, 3.05) is 19.5 Å². The Kier molecular flexibility index (Phi) is 6.13. The first-order valence-electron chi connectivity index (χ1n) is 10.4. The highest BCUT2D eigenvalue weighted by molar-refractivity contribution is 6.02. The van der Waals surface area contributed by atoms with Gasteiger partial charge in [-0.15, -0.1) is 0 Å². The van der Waals surface area contributed by atoms with E-state index in [1.54, 1.807) is 49.8 Å². The summed E-state index contributed by atoms with van der Waals surface area (Å²) in [6.07, 6.45) is 10.7. The number of rotatable bonds is 6. The van der Waals surface area contributed by atoms with Crippen LogP contribution in [0.2, 0.25) is 0 Å². The van der Waals surface area contributed by atoms with Gasteiger partial charge in [0.2, 0.25) is 5.91 Å². The number of nitrogens with one attached hydrogen (secondary N) is 1. The molecule has 33 heavy (non-hydrogen) atoms. The van der Waals surface area contributed by atoms with Crippen LogP contribution in [0.25, 0.3) is 23.3 Å². The van der Waals surface area contributed by atoms with Gasteiger partial charge in [-0.05, 0) is 68.0 Å². The van der Waals surface area contributed by atoms with Gasteiger partial charge in [0, 0.05) is 40.8 Å². The van der Waals surface area contributed by atoms with Crippen molar-refractivity contribution in [1.82, 2.24) is 9.97 Å². The fraction of sp³-hybridized carbons (Fsp3) is 0.192. The third-order valence-electron chi connectivity index (χ3n) is 5.08. The maximum Gasteiger partial charge on any atom is 0.316 e. The van der Waals surface area contributed by atoms with Gasteiger partial charge in [-0.2, -0.15) is 0 Å². The van der Waals surface area contributed by atoms with Crippen molar-refractivity contribution in [3.63, 3.8) is 0 Å². The van der Waals surface area contributed by atoms with Crippen molar-refractivity contribution in [1.29, 1.82) is 0 Å². The molecule has 2 heterocycles. The number of aromatic nitrogens is 2. The molecule has 0 unspecified atom stereocenters. The first-order chi connectivity index (χ1) is 15.9. The lowest BCUT2D eigenvalue weighted by molar-refractivity contribution is -0.111. The molecule has 0 fully saturated rings. The standard InChI is InChI=1S/C26H25N3O4/c1-26(2)12-11-18-13-17(5-10-23(30)29-20-6-8-21(31-3)9-7-20)14-22(24(18)33-26)19-15-27-25(32-4)28-16-19/h5-16H,1-4H3,(H,29,30)/b10-5+. The van der Waals surface area contributed by atoms with Crippen LogP contribution in [0, 0.1) is 0 Å². The van der Waals surface area contributed by atoms with E-state index < -0.39 is 5.60 Å². The molecule has 3 aromatic rings. The largest absolute Gasteiger partial charge is 0.497 e. The summed E-state index contributed by atoms with van der Waals surface area (Å²) in [5, 5.41) is 2.84. The fourth-order valence-corrected chi connectivity index (χ4v) is 3.40. The van der Waals surface area contributed by atoms with Gasteiger partial charge in [0.25, 0.3) is 0 Å². The molecule has 7 heteroatoms. The second kappa shape index (κ2) is 9.16. The number of carbonyl (C=O) groups excluding carboxylic acids is 1. The summed E-state index contributed by atoms with van der Waals surface area (Å²) in [5.74, 6) is 1.24. The molecule has 0 bridgehead atoms. The highest BCUT2D eigenvalue weighted by atomic mass is 16.5. The van der Waals surface area contributed by atoms with Crippen molar-refractivity contribution in [2.45, 2.75) is 19.4 Å². The summed E-state index contributed by atoms with van der Waals surface area (Å²) in [4.78, 5) is 20.9. The molecule has 1 aromatic heterocycles. The molecule has 1 aliphatic heterocycles. The summed E-state index contributed by atoms with van der Waals surface area (Å²) in [5.41, 5.74) is 3.63. The first-order valence-corrected chi connectivity index (χ1v) is 10.4. The zero-order chi connectivity index (χ0) is 23.4. The van der Waals surface area contributed by atoms with Gasteiger partial charge >= 0.3 is 6.01 Å². The van der Waals surface area contributed by atoms with Crippen LogP contribution in [0.1, 0.15) is 25.0 Å². The fourth-order valence-electron chi connectivity index (χ4n) is 3.40. The lowest BCUT2D eigenvalue weighted by atomic mass is 9.95. The quantitative estimate of drug-likeness (QED) is 0.540. The van der Waals surface area contributed by atoms with Crippen LogP contribution in [0.5, 0.6) is 17.5 Å². The molecule has 2 aromatic carbocycles. The number of carbonyl (C=O) groups is 1. The highest BCUT2D eigenvalue weighted by Gasteiger charge is 2.25. The number of hydrogen-bond acceptors (Lipinski definition) is 6. The van der Waals surface area contributed by atoms with Crippen molar-refractivity contribution < 1.29 is 19.0 Å². The van der Waals surface area contributed by atoms with Crippen molar-refractivity contribution in [2.24, 2.45) is 0 Å². The Morgan fingerprint density at radius 2 is 1.79 bits per heavy atom. The van der Waals surface area contributed by atoms with Crippen LogP contribution in [-0.4, -0.2) is 35.7 Å². The number of anilines is 1. The number of hydrogen-bond donors (Lipinski definition) is 1. The average Bonchev–Trinajstić information content (AvgIpc) is 2.82.